The minimum absolute atomic E-state index is 0.238. The highest BCUT2D eigenvalue weighted by Crippen LogP contribution is 2.10. The van der Waals surface area contributed by atoms with E-state index in [-0.39, 0.29) is 5.56 Å². The first-order valence-electron chi connectivity index (χ1n) is 5.37. The molecule has 0 spiro atoms. The number of hydrogen-bond acceptors (Lipinski definition) is 2. The topological polar surface area (TPSA) is 61.4 Å². The average molecular weight is 252 g/mol. The van der Waals surface area contributed by atoms with E-state index in [0.29, 0.717) is 16.7 Å². The van der Waals surface area contributed by atoms with Crippen molar-refractivity contribution in [1.29, 1.82) is 0 Å². The van der Waals surface area contributed by atoms with Crippen LogP contribution in [0.5, 0.6) is 0 Å². The Bertz CT molecular complexity index is 419. The van der Waals surface area contributed by atoms with E-state index >= 15 is 0 Å². The second-order valence-electron chi connectivity index (χ2n) is 4.11. The second kappa shape index (κ2) is 6.20. The summed E-state index contributed by atoms with van der Waals surface area (Å²) < 4.78 is 0. The van der Waals surface area contributed by atoms with Crippen molar-refractivity contribution in [3.63, 3.8) is 0 Å². The van der Waals surface area contributed by atoms with Crippen LogP contribution in [-0.4, -0.2) is 22.7 Å². The third-order valence-electron chi connectivity index (χ3n) is 2.04. The van der Waals surface area contributed by atoms with Gasteiger partial charge in [-0.1, -0.05) is 19.9 Å². The van der Waals surface area contributed by atoms with Gasteiger partial charge in [-0.05, 0) is 36.3 Å². The summed E-state index contributed by atoms with van der Waals surface area (Å²) in [5.74, 6) is -0.449. The van der Waals surface area contributed by atoms with Gasteiger partial charge in [0.2, 0.25) is 0 Å². The molecule has 0 aromatic heterocycles. The summed E-state index contributed by atoms with van der Waals surface area (Å²) >= 11 is 5.09. The molecule has 0 atom stereocenters. The number of carbonyl (C=O) groups is 1. The van der Waals surface area contributed by atoms with E-state index in [4.69, 9.17) is 17.3 Å². The smallest absolute Gasteiger partial charge is 0.335 e. The van der Waals surface area contributed by atoms with Crippen molar-refractivity contribution >= 4 is 29.0 Å². The standard InChI is InChI=1S/C12H16N2O2S/c1-8(2)7-13-12(17)14-10-5-3-4-9(6-10)11(15)16/h3-6,8H,7H2,1-2H3,(H,15,16)(H2,13,14,17). The van der Waals surface area contributed by atoms with E-state index in [1.165, 1.54) is 6.07 Å². The Morgan fingerprint density at radius 1 is 1.47 bits per heavy atom. The molecule has 0 aliphatic rings. The molecule has 0 saturated carbocycles. The van der Waals surface area contributed by atoms with E-state index in [2.05, 4.69) is 24.5 Å². The molecule has 0 radical (unpaired) electrons. The molecule has 0 heterocycles. The maximum absolute atomic E-state index is 10.8. The quantitative estimate of drug-likeness (QED) is 0.718. The average Bonchev–Trinajstić information content (AvgIpc) is 2.26. The van der Waals surface area contributed by atoms with E-state index in [1.54, 1.807) is 18.2 Å². The van der Waals surface area contributed by atoms with Crippen LogP contribution in [0.3, 0.4) is 0 Å². The Labute approximate surface area is 106 Å². The summed E-state index contributed by atoms with van der Waals surface area (Å²) in [5.41, 5.74) is 0.910. The van der Waals surface area contributed by atoms with Gasteiger partial charge in [0.1, 0.15) is 0 Å². The fraction of sp³-hybridized carbons (Fsp3) is 0.333. The first-order valence-corrected chi connectivity index (χ1v) is 5.78. The number of thiocarbonyl (C=S) groups is 1. The van der Waals surface area contributed by atoms with Gasteiger partial charge in [0.25, 0.3) is 0 Å². The molecule has 1 rings (SSSR count). The van der Waals surface area contributed by atoms with Crippen LogP contribution in [-0.2, 0) is 0 Å². The lowest BCUT2D eigenvalue weighted by Crippen LogP contribution is -2.31. The van der Waals surface area contributed by atoms with Crippen molar-refractivity contribution < 1.29 is 9.90 Å². The van der Waals surface area contributed by atoms with Crippen LogP contribution in [0.25, 0.3) is 0 Å². The maximum atomic E-state index is 10.8. The van der Waals surface area contributed by atoms with Gasteiger partial charge >= 0.3 is 5.97 Å². The molecule has 17 heavy (non-hydrogen) atoms. The third-order valence-corrected chi connectivity index (χ3v) is 2.28. The van der Waals surface area contributed by atoms with Gasteiger partial charge in [-0.15, -0.1) is 0 Å². The zero-order chi connectivity index (χ0) is 12.8. The van der Waals surface area contributed by atoms with Crippen molar-refractivity contribution in [2.45, 2.75) is 13.8 Å². The largest absolute Gasteiger partial charge is 0.478 e. The molecule has 0 unspecified atom stereocenters. The van der Waals surface area contributed by atoms with Gasteiger partial charge in [0, 0.05) is 12.2 Å². The Kier molecular flexibility index (Phi) is 4.90. The lowest BCUT2D eigenvalue weighted by Gasteiger charge is -2.12. The van der Waals surface area contributed by atoms with Gasteiger partial charge in [0.05, 0.1) is 5.56 Å². The van der Waals surface area contributed by atoms with Gasteiger partial charge < -0.3 is 15.7 Å². The molecule has 0 fully saturated rings. The molecule has 1 aromatic rings. The van der Waals surface area contributed by atoms with Crippen LogP contribution in [0.1, 0.15) is 24.2 Å². The van der Waals surface area contributed by atoms with Crippen molar-refractivity contribution in [2.75, 3.05) is 11.9 Å². The third kappa shape index (κ3) is 4.82. The molecule has 92 valence electrons. The Hall–Kier alpha value is -1.62. The van der Waals surface area contributed by atoms with E-state index < -0.39 is 5.97 Å². The normalized spacial score (nSPS) is 10.1. The minimum Gasteiger partial charge on any atom is -0.478 e. The molecule has 4 nitrogen and oxygen atoms in total. The van der Waals surface area contributed by atoms with Crippen LogP contribution in [0, 0.1) is 5.92 Å². The van der Waals surface area contributed by atoms with Crippen molar-refractivity contribution in [3.05, 3.63) is 29.8 Å². The summed E-state index contributed by atoms with van der Waals surface area (Å²) in [4.78, 5) is 10.8. The Morgan fingerprint density at radius 3 is 2.76 bits per heavy atom. The van der Waals surface area contributed by atoms with E-state index in [0.717, 1.165) is 6.54 Å². The van der Waals surface area contributed by atoms with Crippen molar-refractivity contribution in [2.24, 2.45) is 5.92 Å². The van der Waals surface area contributed by atoms with E-state index in [9.17, 15) is 4.79 Å². The van der Waals surface area contributed by atoms with Crippen LogP contribution < -0.4 is 10.6 Å². The summed E-state index contributed by atoms with van der Waals surface area (Å²) in [6, 6.07) is 6.54. The van der Waals surface area contributed by atoms with Crippen molar-refractivity contribution in [1.82, 2.24) is 5.32 Å². The monoisotopic (exact) mass is 252 g/mol. The molecule has 1 aromatic carbocycles. The molecule has 5 heteroatoms. The molecule has 3 N–H and O–H groups in total. The Balaban J connectivity index is 2.59. The predicted molar refractivity (Wildman–Crippen MR) is 72.5 cm³/mol. The highest BCUT2D eigenvalue weighted by molar-refractivity contribution is 7.80. The number of aromatic carboxylic acids is 1. The fourth-order valence-electron chi connectivity index (χ4n) is 1.20. The van der Waals surface area contributed by atoms with Crippen LogP contribution >= 0.6 is 12.2 Å². The minimum atomic E-state index is -0.949. The first-order chi connectivity index (χ1) is 7.99. The lowest BCUT2D eigenvalue weighted by molar-refractivity contribution is 0.0697. The molecule has 0 aliphatic carbocycles. The van der Waals surface area contributed by atoms with Gasteiger partial charge in [-0.2, -0.15) is 0 Å². The fourth-order valence-corrected chi connectivity index (χ4v) is 1.40. The molecular weight excluding hydrogens is 236 g/mol. The number of anilines is 1. The van der Waals surface area contributed by atoms with Gasteiger partial charge in [0.15, 0.2) is 5.11 Å². The first kappa shape index (κ1) is 13.4. The number of rotatable bonds is 4. The molecular formula is C12H16N2O2S. The maximum Gasteiger partial charge on any atom is 0.335 e. The number of benzene rings is 1. The number of hydrogen-bond donors (Lipinski definition) is 3. The van der Waals surface area contributed by atoms with E-state index in [1.807, 2.05) is 0 Å². The van der Waals surface area contributed by atoms with Crippen LogP contribution in [0.2, 0.25) is 0 Å². The summed E-state index contributed by atoms with van der Waals surface area (Å²) in [6.45, 7) is 4.95. The highest BCUT2D eigenvalue weighted by Gasteiger charge is 2.04. The number of nitrogens with one attached hydrogen (secondary N) is 2. The van der Waals surface area contributed by atoms with Gasteiger partial charge in [-0.25, -0.2) is 4.79 Å². The second-order valence-corrected chi connectivity index (χ2v) is 4.52. The van der Waals surface area contributed by atoms with Crippen LogP contribution in [0.15, 0.2) is 24.3 Å². The van der Waals surface area contributed by atoms with Crippen molar-refractivity contribution in [3.8, 4) is 0 Å². The summed E-state index contributed by atoms with van der Waals surface area (Å²) in [6.07, 6.45) is 0. The highest BCUT2D eigenvalue weighted by atomic mass is 32.1. The molecule has 0 bridgehead atoms. The lowest BCUT2D eigenvalue weighted by atomic mass is 10.2. The zero-order valence-electron chi connectivity index (χ0n) is 9.86. The summed E-state index contributed by atoms with van der Waals surface area (Å²) in [7, 11) is 0. The molecule has 0 saturated heterocycles. The number of carboxylic acids is 1. The number of carboxylic acid groups (broad SMARTS) is 1. The predicted octanol–water partition coefficient (Wildman–Crippen LogP) is 2.33. The zero-order valence-corrected chi connectivity index (χ0v) is 10.7. The molecule has 0 aliphatic heterocycles. The Morgan fingerprint density at radius 2 is 2.18 bits per heavy atom. The van der Waals surface area contributed by atoms with Gasteiger partial charge in [-0.3, -0.25) is 0 Å². The van der Waals surface area contributed by atoms with Crippen LogP contribution in [0.4, 0.5) is 5.69 Å². The summed E-state index contributed by atoms with van der Waals surface area (Å²) in [5, 5.41) is 15.3. The SMILES string of the molecule is CC(C)CNC(=S)Nc1cccc(C(=O)O)c1. The molecule has 0 amide bonds.